The van der Waals surface area contributed by atoms with Crippen molar-refractivity contribution < 1.29 is 4.74 Å². The van der Waals surface area contributed by atoms with Crippen molar-refractivity contribution in [3.63, 3.8) is 0 Å². The SMILES string of the molecule is CC(C1CCN(S)CC1)N1CCOCC1. The Balaban J connectivity index is 1.81. The first-order valence-electron chi connectivity index (χ1n) is 6.03. The average Bonchev–Trinajstić information content (AvgIpc) is 2.30. The minimum Gasteiger partial charge on any atom is -0.379 e. The lowest BCUT2D eigenvalue weighted by atomic mass is 9.90. The summed E-state index contributed by atoms with van der Waals surface area (Å²) in [5.74, 6) is 0.853. The monoisotopic (exact) mass is 230 g/mol. The lowest BCUT2D eigenvalue weighted by Gasteiger charge is -2.39. The predicted molar refractivity (Wildman–Crippen MR) is 65.1 cm³/mol. The van der Waals surface area contributed by atoms with E-state index in [0.29, 0.717) is 0 Å². The van der Waals surface area contributed by atoms with Gasteiger partial charge in [0.25, 0.3) is 0 Å². The lowest BCUT2D eigenvalue weighted by molar-refractivity contribution is 0.00185. The van der Waals surface area contributed by atoms with Crippen LogP contribution in [0, 0.1) is 5.92 Å². The van der Waals surface area contributed by atoms with Gasteiger partial charge in [-0.3, -0.25) is 9.21 Å². The van der Waals surface area contributed by atoms with Gasteiger partial charge in [-0.1, -0.05) is 12.8 Å². The molecule has 3 nitrogen and oxygen atoms in total. The van der Waals surface area contributed by atoms with Crippen LogP contribution >= 0.6 is 12.8 Å². The highest BCUT2D eigenvalue weighted by Gasteiger charge is 2.27. The summed E-state index contributed by atoms with van der Waals surface area (Å²) in [4.78, 5) is 2.59. The van der Waals surface area contributed by atoms with Crippen molar-refractivity contribution in [2.75, 3.05) is 39.4 Å². The standard InChI is InChI=1S/C11H22N2OS/c1-10(12-6-8-14-9-7-12)11-2-4-13(15)5-3-11/h10-11,15H,2-9H2,1H3. The van der Waals surface area contributed by atoms with Crippen LogP contribution in [-0.4, -0.2) is 54.6 Å². The minimum absolute atomic E-state index is 0.718. The molecule has 0 aromatic heterocycles. The normalized spacial score (nSPS) is 29.2. The second-order valence-electron chi connectivity index (χ2n) is 4.68. The maximum Gasteiger partial charge on any atom is 0.0594 e. The van der Waals surface area contributed by atoms with Gasteiger partial charge in [-0.05, 0) is 25.7 Å². The van der Waals surface area contributed by atoms with Crippen LogP contribution < -0.4 is 0 Å². The first kappa shape index (κ1) is 11.7. The zero-order valence-corrected chi connectivity index (χ0v) is 10.5. The molecule has 0 radical (unpaired) electrons. The Hall–Kier alpha value is 0.230. The molecule has 2 heterocycles. The molecule has 88 valence electrons. The van der Waals surface area contributed by atoms with Crippen LogP contribution in [0.15, 0.2) is 0 Å². The van der Waals surface area contributed by atoms with Gasteiger partial charge in [0.2, 0.25) is 0 Å². The van der Waals surface area contributed by atoms with Gasteiger partial charge in [0.05, 0.1) is 13.2 Å². The van der Waals surface area contributed by atoms with E-state index >= 15 is 0 Å². The molecule has 2 fully saturated rings. The molecule has 15 heavy (non-hydrogen) atoms. The van der Waals surface area contributed by atoms with E-state index in [1.54, 1.807) is 0 Å². The molecule has 2 aliphatic heterocycles. The summed E-state index contributed by atoms with van der Waals surface area (Å²) in [6.07, 6.45) is 2.59. The molecule has 0 spiro atoms. The fourth-order valence-corrected chi connectivity index (χ4v) is 2.88. The van der Waals surface area contributed by atoms with Gasteiger partial charge in [-0.15, -0.1) is 0 Å². The quantitative estimate of drug-likeness (QED) is 0.719. The van der Waals surface area contributed by atoms with Gasteiger partial charge in [0, 0.05) is 32.2 Å². The van der Waals surface area contributed by atoms with Crippen molar-refractivity contribution in [3.8, 4) is 0 Å². The topological polar surface area (TPSA) is 15.7 Å². The number of nitrogens with zero attached hydrogens (tertiary/aromatic N) is 2. The molecule has 2 saturated heterocycles. The molecule has 0 aromatic carbocycles. The minimum atomic E-state index is 0.718. The van der Waals surface area contributed by atoms with Crippen LogP contribution in [0.2, 0.25) is 0 Å². The molecule has 1 atom stereocenters. The maximum atomic E-state index is 5.39. The molecule has 2 aliphatic rings. The molecule has 0 aliphatic carbocycles. The van der Waals surface area contributed by atoms with Gasteiger partial charge in [0.15, 0.2) is 0 Å². The second kappa shape index (κ2) is 5.53. The molecule has 1 unspecified atom stereocenters. The van der Waals surface area contributed by atoms with E-state index in [9.17, 15) is 0 Å². The summed E-state index contributed by atoms with van der Waals surface area (Å²) in [5, 5.41) is 0. The average molecular weight is 230 g/mol. The fraction of sp³-hybridized carbons (Fsp3) is 1.00. The van der Waals surface area contributed by atoms with Crippen LogP contribution in [-0.2, 0) is 4.74 Å². The van der Waals surface area contributed by atoms with E-state index in [-0.39, 0.29) is 0 Å². The first-order valence-corrected chi connectivity index (χ1v) is 6.43. The van der Waals surface area contributed by atoms with Crippen LogP contribution in [0.5, 0.6) is 0 Å². The number of thiol groups is 1. The third-order valence-corrected chi connectivity index (χ3v) is 4.22. The maximum absolute atomic E-state index is 5.39. The number of morpholine rings is 1. The molecule has 0 N–H and O–H groups in total. The Morgan fingerprint density at radius 3 is 2.33 bits per heavy atom. The molecule has 0 saturated carbocycles. The Bertz CT molecular complexity index is 189. The van der Waals surface area contributed by atoms with E-state index in [0.717, 1.165) is 51.4 Å². The highest BCUT2D eigenvalue weighted by atomic mass is 32.1. The number of hydrogen-bond acceptors (Lipinski definition) is 4. The Morgan fingerprint density at radius 2 is 1.73 bits per heavy atom. The van der Waals surface area contributed by atoms with E-state index in [1.165, 1.54) is 12.8 Å². The van der Waals surface area contributed by atoms with Gasteiger partial charge in [0.1, 0.15) is 0 Å². The predicted octanol–water partition coefficient (Wildman–Crippen LogP) is 1.26. The zero-order chi connectivity index (χ0) is 10.7. The van der Waals surface area contributed by atoms with E-state index < -0.39 is 0 Å². The van der Waals surface area contributed by atoms with Crippen LogP contribution in [0.3, 0.4) is 0 Å². The summed E-state index contributed by atoms with van der Waals surface area (Å²) < 4.78 is 7.53. The van der Waals surface area contributed by atoms with Crippen LogP contribution in [0.4, 0.5) is 0 Å². The third-order valence-electron chi connectivity index (χ3n) is 3.82. The second-order valence-corrected chi connectivity index (χ2v) is 5.25. The van der Waals surface area contributed by atoms with Gasteiger partial charge < -0.3 is 4.74 Å². The smallest absolute Gasteiger partial charge is 0.0594 e. The molecular formula is C11H22N2OS. The highest BCUT2D eigenvalue weighted by molar-refractivity contribution is 7.77. The highest BCUT2D eigenvalue weighted by Crippen LogP contribution is 2.25. The van der Waals surface area contributed by atoms with Crippen LogP contribution in [0.25, 0.3) is 0 Å². The van der Waals surface area contributed by atoms with Crippen molar-refractivity contribution in [2.45, 2.75) is 25.8 Å². The molecule has 2 rings (SSSR count). The summed E-state index contributed by atoms with van der Waals surface area (Å²) in [6.45, 7) is 8.71. The zero-order valence-electron chi connectivity index (χ0n) is 9.56. The number of hydrogen-bond donors (Lipinski definition) is 1. The molecular weight excluding hydrogens is 208 g/mol. The first-order chi connectivity index (χ1) is 7.27. The lowest BCUT2D eigenvalue weighted by Crippen LogP contribution is -2.47. The molecule has 4 heteroatoms. The summed E-state index contributed by atoms with van der Waals surface area (Å²) in [6, 6.07) is 0.718. The largest absolute Gasteiger partial charge is 0.379 e. The van der Waals surface area contributed by atoms with Gasteiger partial charge in [-0.25, -0.2) is 0 Å². The Morgan fingerprint density at radius 1 is 1.13 bits per heavy atom. The molecule has 0 amide bonds. The Labute approximate surface area is 98.3 Å². The number of rotatable bonds is 2. The number of ether oxygens (including phenoxy) is 1. The van der Waals surface area contributed by atoms with E-state index in [1.807, 2.05) is 0 Å². The van der Waals surface area contributed by atoms with Gasteiger partial charge >= 0.3 is 0 Å². The molecule has 0 aromatic rings. The number of piperidine rings is 1. The summed E-state index contributed by atoms with van der Waals surface area (Å²) >= 11 is 4.40. The van der Waals surface area contributed by atoms with Crippen molar-refractivity contribution in [2.24, 2.45) is 5.92 Å². The molecule has 0 bridgehead atoms. The van der Waals surface area contributed by atoms with Crippen molar-refractivity contribution in [1.29, 1.82) is 0 Å². The van der Waals surface area contributed by atoms with E-state index in [4.69, 9.17) is 4.74 Å². The summed E-state index contributed by atoms with van der Waals surface area (Å²) in [5.41, 5.74) is 0. The van der Waals surface area contributed by atoms with Crippen molar-refractivity contribution in [3.05, 3.63) is 0 Å². The van der Waals surface area contributed by atoms with Gasteiger partial charge in [-0.2, -0.15) is 0 Å². The Kier molecular flexibility index (Phi) is 4.31. The fourth-order valence-electron chi connectivity index (χ4n) is 2.65. The van der Waals surface area contributed by atoms with E-state index in [2.05, 4.69) is 28.9 Å². The van der Waals surface area contributed by atoms with Crippen molar-refractivity contribution in [1.82, 2.24) is 9.21 Å². The van der Waals surface area contributed by atoms with Crippen molar-refractivity contribution >= 4 is 12.8 Å². The third kappa shape index (κ3) is 3.09. The summed E-state index contributed by atoms with van der Waals surface area (Å²) in [7, 11) is 0. The van der Waals surface area contributed by atoms with Crippen LogP contribution in [0.1, 0.15) is 19.8 Å².